The van der Waals surface area contributed by atoms with Crippen molar-refractivity contribution >= 4 is 46.9 Å². The molecule has 0 unspecified atom stereocenters. The topological polar surface area (TPSA) is 236 Å². The zero-order valence-electron chi connectivity index (χ0n) is 21.3. The molecule has 2 aromatic rings. The summed E-state index contributed by atoms with van der Waals surface area (Å²) < 4.78 is 28.3. The van der Waals surface area contributed by atoms with Crippen LogP contribution in [0, 0.1) is 0 Å². The highest BCUT2D eigenvalue weighted by atomic mass is 16.7. The fraction of sp³-hybridized carbons (Fsp3) is 0.524. The van der Waals surface area contributed by atoms with Gasteiger partial charge < -0.3 is 23.7 Å². The lowest BCUT2D eigenvalue weighted by Gasteiger charge is -2.45. The van der Waals surface area contributed by atoms with Gasteiger partial charge in [-0.2, -0.15) is 4.98 Å². The van der Waals surface area contributed by atoms with E-state index in [1.807, 2.05) is 0 Å². The molecule has 1 N–H and O–H groups in total. The molecule has 0 radical (unpaired) electrons. The van der Waals surface area contributed by atoms with E-state index in [4.69, 9.17) is 29.2 Å². The smallest absolute Gasteiger partial charge is 0.317 e. The molecule has 208 valence electrons. The van der Waals surface area contributed by atoms with Gasteiger partial charge in [0, 0.05) is 32.6 Å². The van der Waals surface area contributed by atoms with Gasteiger partial charge in [-0.15, -0.1) is 0 Å². The second-order valence-corrected chi connectivity index (χ2v) is 8.12. The number of methoxy groups -OCH3 is 1. The lowest BCUT2D eigenvalue weighted by Crippen LogP contribution is -2.62. The maximum Gasteiger partial charge on any atom is 0.317 e. The van der Waals surface area contributed by atoms with Crippen molar-refractivity contribution in [1.82, 2.24) is 19.5 Å². The summed E-state index contributed by atoms with van der Waals surface area (Å²) in [5.74, 6) is -4.19. The number of nitrogens with zero attached hydrogens (tertiary/aromatic N) is 7. The molecule has 1 aliphatic heterocycles. The molecule has 0 aliphatic carbocycles. The maximum atomic E-state index is 12.6. The third kappa shape index (κ3) is 6.55. The number of esters is 4. The molecule has 1 saturated heterocycles. The minimum atomic E-state index is -1.75. The Hall–Kier alpha value is -4.83. The summed E-state index contributed by atoms with van der Waals surface area (Å²) in [5.41, 5.74) is 9.41. The molecule has 18 heteroatoms. The monoisotopic (exact) mass is 548 g/mol. The van der Waals surface area contributed by atoms with Crippen LogP contribution in [0.5, 0.6) is 0 Å². The second-order valence-electron chi connectivity index (χ2n) is 8.12. The Balaban J connectivity index is 2.26. The minimum absolute atomic E-state index is 0.0700. The molecule has 1 amide bonds. The number of ether oxygens (including phenoxy) is 5. The lowest BCUT2D eigenvalue weighted by atomic mass is 9.92. The van der Waals surface area contributed by atoms with Crippen molar-refractivity contribution in [3.8, 4) is 0 Å². The molecule has 0 bridgehead atoms. The number of carbonyl (C=O) groups is 5. The van der Waals surface area contributed by atoms with Crippen LogP contribution in [-0.2, 0) is 47.7 Å². The first-order valence-electron chi connectivity index (χ1n) is 11.2. The van der Waals surface area contributed by atoms with Gasteiger partial charge >= 0.3 is 23.9 Å². The van der Waals surface area contributed by atoms with E-state index in [1.165, 1.54) is 24.0 Å². The highest BCUT2D eigenvalue weighted by Gasteiger charge is 2.56. The Morgan fingerprint density at radius 2 is 1.64 bits per heavy atom. The van der Waals surface area contributed by atoms with E-state index in [1.54, 1.807) is 0 Å². The number of anilines is 1. The van der Waals surface area contributed by atoms with Crippen molar-refractivity contribution in [2.45, 2.75) is 64.4 Å². The van der Waals surface area contributed by atoms with Crippen LogP contribution in [0.25, 0.3) is 21.6 Å². The van der Waals surface area contributed by atoms with Gasteiger partial charge in [0.25, 0.3) is 0 Å². The molecule has 18 nitrogen and oxygen atoms in total. The zero-order valence-corrected chi connectivity index (χ0v) is 21.3. The van der Waals surface area contributed by atoms with Crippen molar-refractivity contribution < 1.29 is 47.7 Å². The molecule has 0 spiro atoms. The van der Waals surface area contributed by atoms with Crippen LogP contribution in [0.15, 0.2) is 17.6 Å². The van der Waals surface area contributed by atoms with Crippen LogP contribution in [-0.4, -0.2) is 86.9 Å². The molecule has 6 atom stereocenters. The van der Waals surface area contributed by atoms with Crippen molar-refractivity contribution in [2.75, 3.05) is 12.4 Å². The largest absolute Gasteiger partial charge is 0.469 e. The van der Waals surface area contributed by atoms with Gasteiger partial charge in [0.15, 0.2) is 36.2 Å². The number of hydrogen-bond acceptors (Lipinski definition) is 14. The number of imidazole rings is 1. The van der Waals surface area contributed by atoms with Crippen molar-refractivity contribution in [3.05, 3.63) is 23.0 Å². The molecular weight excluding hydrogens is 524 g/mol. The van der Waals surface area contributed by atoms with E-state index in [0.29, 0.717) is 0 Å². The van der Waals surface area contributed by atoms with Crippen LogP contribution in [0.3, 0.4) is 0 Å². The number of nitrogens with one attached hydrogen (secondary N) is 1. The molecular formula is C21H24N8O10. The van der Waals surface area contributed by atoms with E-state index >= 15 is 0 Å². The predicted molar refractivity (Wildman–Crippen MR) is 125 cm³/mol. The number of fused-ring (bicyclic) bond motifs is 1. The quantitative estimate of drug-likeness (QED) is 0.154. The maximum absolute atomic E-state index is 12.6. The third-order valence-corrected chi connectivity index (χ3v) is 5.26. The summed E-state index contributed by atoms with van der Waals surface area (Å²) in [5, 5.41) is 5.86. The van der Waals surface area contributed by atoms with Gasteiger partial charge in [0.2, 0.25) is 11.9 Å². The SMILES string of the molecule is COC(=O)[C@@H](N=[N+]=[N-])[C@H]1O[C@@H](n2cnc3cnc(NC(C)=O)nc32)[C@H](OC(C)=O)[C@@H](OC(C)=O)[C@@H]1OC(C)=O. The van der Waals surface area contributed by atoms with Crippen LogP contribution in [0.2, 0.25) is 0 Å². The fourth-order valence-corrected chi connectivity index (χ4v) is 3.95. The summed E-state index contributed by atoms with van der Waals surface area (Å²) >= 11 is 0. The Kier molecular flexibility index (Phi) is 8.95. The van der Waals surface area contributed by atoms with Crippen LogP contribution >= 0.6 is 0 Å². The molecule has 3 rings (SSSR count). The highest BCUT2D eigenvalue weighted by molar-refractivity contribution is 5.87. The molecule has 1 aliphatic rings. The Morgan fingerprint density at radius 3 is 2.21 bits per heavy atom. The van der Waals surface area contributed by atoms with Gasteiger partial charge in [-0.05, 0) is 5.53 Å². The van der Waals surface area contributed by atoms with Crippen molar-refractivity contribution in [1.29, 1.82) is 0 Å². The van der Waals surface area contributed by atoms with Gasteiger partial charge in [0.1, 0.15) is 11.6 Å². The average molecular weight is 548 g/mol. The zero-order chi connectivity index (χ0) is 28.9. The summed E-state index contributed by atoms with van der Waals surface area (Å²) in [4.78, 5) is 75.5. The Bertz CT molecular complexity index is 1340. The van der Waals surface area contributed by atoms with E-state index in [2.05, 4.69) is 30.3 Å². The van der Waals surface area contributed by atoms with Crippen LogP contribution in [0.1, 0.15) is 33.9 Å². The molecule has 2 aromatic heterocycles. The fourth-order valence-electron chi connectivity index (χ4n) is 3.95. The third-order valence-electron chi connectivity index (χ3n) is 5.26. The molecule has 3 heterocycles. The summed E-state index contributed by atoms with van der Waals surface area (Å²) in [7, 11) is 1.03. The molecule has 0 aromatic carbocycles. The Labute approximate surface area is 219 Å². The number of hydrogen-bond donors (Lipinski definition) is 1. The number of aromatic nitrogens is 4. The first kappa shape index (κ1) is 28.7. The minimum Gasteiger partial charge on any atom is -0.469 e. The highest BCUT2D eigenvalue weighted by Crippen LogP contribution is 2.37. The summed E-state index contributed by atoms with van der Waals surface area (Å²) in [6, 6.07) is -1.75. The van der Waals surface area contributed by atoms with Gasteiger partial charge in [-0.25, -0.2) is 9.97 Å². The predicted octanol–water partition coefficient (Wildman–Crippen LogP) is 0.329. The summed E-state index contributed by atoms with van der Waals surface area (Å²) in [6.45, 7) is 4.42. The standard InChI is InChI=1S/C21H24N8O10/c1-8(30)25-21-23-6-12-18(26-21)29(7-24-12)19-17(38-11(4)33)16(37-10(3)32)15(36-9(2)31)14(39-19)13(27-28-22)20(34)35-5/h6-7,13-17,19H,1-5H3,(H,23,25,26,30)/t13-,14+,15+,16-,17+,19+/m0/s1. The average Bonchev–Trinajstić information content (AvgIpc) is 3.26. The van der Waals surface area contributed by atoms with E-state index < -0.39 is 66.5 Å². The van der Waals surface area contributed by atoms with E-state index in [9.17, 15) is 24.0 Å². The normalized spacial score (nSPS) is 23.1. The Morgan fingerprint density at radius 1 is 1.03 bits per heavy atom. The van der Waals surface area contributed by atoms with E-state index in [-0.39, 0.29) is 17.1 Å². The van der Waals surface area contributed by atoms with Crippen LogP contribution < -0.4 is 5.32 Å². The van der Waals surface area contributed by atoms with Gasteiger partial charge in [-0.3, -0.25) is 33.9 Å². The summed E-state index contributed by atoms with van der Waals surface area (Å²) in [6.07, 6.45) is -5.24. The van der Waals surface area contributed by atoms with Crippen molar-refractivity contribution in [2.24, 2.45) is 5.11 Å². The van der Waals surface area contributed by atoms with Crippen molar-refractivity contribution in [3.63, 3.8) is 0 Å². The molecule has 0 saturated carbocycles. The van der Waals surface area contributed by atoms with Gasteiger partial charge in [0.05, 0.1) is 19.6 Å². The molecule has 39 heavy (non-hydrogen) atoms. The number of azide groups is 1. The number of rotatable bonds is 8. The van der Waals surface area contributed by atoms with E-state index in [0.717, 1.165) is 27.9 Å². The first-order valence-corrected chi connectivity index (χ1v) is 11.2. The molecule has 1 fully saturated rings. The number of amides is 1. The number of carbonyl (C=O) groups excluding carboxylic acids is 5. The van der Waals surface area contributed by atoms with Gasteiger partial charge in [-0.1, -0.05) is 5.11 Å². The lowest BCUT2D eigenvalue weighted by molar-refractivity contribution is -0.265. The van der Waals surface area contributed by atoms with Crippen LogP contribution in [0.4, 0.5) is 5.95 Å². The first-order chi connectivity index (χ1) is 18.5. The second kappa shape index (κ2) is 12.1.